The first kappa shape index (κ1) is 17.0. The standard InChI is InChI=1S/C18H28N2O2/c1-14-6-4-5-7-16(14)17(19(2)3)18(22)20-11-8-15(9-12-20)10-13-21/h4-7,15,17,21H,8-13H2,1-3H3/t17-/m0/s1. The van der Waals surface area contributed by atoms with Crippen LogP contribution in [-0.4, -0.2) is 54.6 Å². The van der Waals surface area contributed by atoms with Crippen LogP contribution in [0.2, 0.25) is 0 Å². The van der Waals surface area contributed by atoms with Crippen LogP contribution in [0.1, 0.15) is 36.4 Å². The minimum atomic E-state index is -0.212. The van der Waals surface area contributed by atoms with E-state index in [1.54, 1.807) is 0 Å². The van der Waals surface area contributed by atoms with Crippen LogP contribution in [0.3, 0.4) is 0 Å². The summed E-state index contributed by atoms with van der Waals surface area (Å²) in [4.78, 5) is 17.0. The van der Waals surface area contributed by atoms with E-state index in [2.05, 4.69) is 19.1 Å². The van der Waals surface area contributed by atoms with Crippen LogP contribution in [-0.2, 0) is 4.79 Å². The van der Waals surface area contributed by atoms with Gasteiger partial charge in [-0.1, -0.05) is 24.3 Å². The number of amides is 1. The van der Waals surface area contributed by atoms with Crippen LogP contribution in [0.4, 0.5) is 0 Å². The Labute approximate surface area is 133 Å². The minimum absolute atomic E-state index is 0.196. The fourth-order valence-corrected chi connectivity index (χ4v) is 3.32. The van der Waals surface area contributed by atoms with Crippen LogP contribution >= 0.6 is 0 Å². The predicted molar refractivity (Wildman–Crippen MR) is 88.6 cm³/mol. The highest BCUT2D eigenvalue weighted by Crippen LogP contribution is 2.27. The van der Waals surface area contributed by atoms with Crippen LogP contribution in [0.5, 0.6) is 0 Å². The van der Waals surface area contributed by atoms with E-state index in [1.807, 2.05) is 36.0 Å². The number of carbonyl (C=O) groups is 1. The quantitative estimate of drug-likeness (QED) is 0.907. The monoisotopic (exact) mass is 304 g/mol. The van der Waals surface area contributed by atoms with Crippen LogP contribution < -0.4 is 0 Å². The zero-order valence-corrected chi connectivity index (χ0v) is 14.0. The van der Waals surface area contributed by atoms with Gasteiger partial charge in [0.25, 0.3) is 0 Å². The summed E-state index contributed by atoms with van der Waals surface area (Å²) in [6.45, 7) is 3.92. The van der Waals surface area contributed by atoms with Crippen molar-refractivity contribution in [1.29, 1.82) is 0 Å². The lowest BCUT2D eigenvalue weighted by Crippen LogP contribution is -2.44. The highest BCUT2D eigenvalue weighted by molar-refractivity contribution is 5.83. The maximum absolute atomic E-state index is 13.0. The van der Waals surface area contributed by atoms with Gasteiger partial charge in [0.2, 0.25) is 5.91 Å². The summed E-state index contributed by atoms with van der Waals surface area (Å²) in [6, 6.07) is 7.91. The molecule has 1 aliphatic heterocycles. The number of rotatable bonds is 5. The summed E-state index contributed by atoms with van der Waals surface area (Å²) in [5.74, 6) is 0.757. The maximum atomic E-state index is 13.0. The summed E-state index contributed by atoms with van der Waals surface area (Å²) in [5, 5.41) is 9.05. The molecular formula is C18H28N2O2. The lowest BCUT2D eigenvalue weighted by Gasteiger charge is -2.36. The summed E-state index contributed by atoms with van der Waals surface area (Å²) in [6.07, 6.45) is 2.86. The van der Waals surface area contributed by atoms with E-state index in [-0.39, 0.29) is 18.6 Å². The van der Waals surface area contributed by atoms with Crippen LogP contribution in [0.25, 0.3) is 0 Å². The molecule has 1 saturated heterocycles. The fraction of sp³-hybridized carbons (Fsp3) is 0.611. The van der Waals surface area contributed by atoms with Crippen molar-refractivity contribution in [2.75, 3.05) is 33.8 Å². The molecule has 1 aromatic rings. The molecule has 0 spiro atoms. The van der Waals surface area contributed by atoms with Crippen molar-refractivity contribution in [3.63, 3.8) is 0 Å². The number of benzene rings is 1. The molecule has 1 N–H and O–H groups in total. The number of likely N-dealkylation sites (N-methyl/N-ethyl adjacent to an activating group) is 1. The molecule has 4 heteroatoms. The van der Waals surface area contributed by atoms with Gasteiger partial charge in [-0.3, -0.25) is 9.69 Å². The van der Waals surface area contributed by atoms with Crippen molar-refractivity contribution in [2.24, 2.45) is 5.92 Å². The molecule has 1 atom stereocenters. The Morgan fingerprint density at radius 2 is 1.95 bits per heavy atom. The number of aliphatic hydroxyl groups is 1. The number of carbonyl (C=O) groups excluding carboxylic acids is 1. The molecule has 2 rings (SSSR count). The van der Waals surface area contributed by atoms with Crippen molar-refractivity contribution in [2.45, 2.75) is 32.2 Å². The third-order valence-corrected chi connectivity index (χ3v) is 4.70. The van der Waals surface area contributed by atoms with Gasteiger partial charge in [0.1, 0.15) is 6.04 Å². The SMILES string of the molecule is Cc1ccccc1[C@@H](C(=O)N1CCC(CCO)CC1)N(C)C. The molecule has 1 heterocycles. The zero-order valence-electron chi connectivity index (χ0n) is 14.0. The van der Waals surface area contributed by atoms with E-state index in [0.717, 1.165) is 43.5 Å². The fourth-order valence-electron chi connectivity index (χ4n) is 3.32. The first-order chi connectivity index (χ1) is 10.5. The van der Waals surface area contributed by atoms with Gasteiger partial charge < -0.3 is 10.0 Å². The van der Waals surface area contributed by atoms with Crippen LogP contribution in [0.15, 0.2) is 24.3 Å². The Morgan fingerprint density at radius 3 is 2.50 bits per heavy atom. The third-order valence-electron chi connectivity index (χ3n) is 4.70. The van der Waals surface area contributed by atoms with Gasteiger partial charge in [0.15, 0.2) is 0 Å². The molecule has 0 aromatic heterocycles. The molecule has 0 aliphatic carbocycles. The van der Waals surface area contributed by atoms with E-state index in [9.17, 15) is 4.79 Å². The Morgan fingerprint density at radius 1 is 1.32 bits per heavy atom. The van der Waals surface area contributed by atoms with Gasteiger partial charge >= 0.3 is 0 Å². The van der Waals surface area contributed by atoms with Crippen molar-refractivity contribution in [3.8, 4) is 0 Å². The number of nitrogens with zero attached hydrogens (tertiary/aromatic N) is 2. The average Bonchev–Trinajstić information content (AvgIpc) is 2.50. The molecular weight excluding hydrogens is 276 g/mol. The molecule has 4 nitrogen and oxygen atoms in total. The lowest BCUT2D eigenvalue weighted by molar-refractivity contribution is -0.137. The molecule has 122 valence electrons. The van der Waals surface area contributed by atoms with Crippen LogP contribution in [0, 0.1) is 12.8 Å². The summed E-state index contributed by atoms with van der Waals surface area (Å²) >= 11 is 0. The Bertz CT molecular complexity index is 494. The van der Waals surface area contributed by atoms with E-state index >= 15 is 0 Å². The molecule has 0 radical (unpaired) electrons. The molecule has 0 unspecified atom stereocenters. The topological polar surface area (TPSA) is 43.8 Å². The van der Waals surface area contributed by atoms with Crippen molar-refractivity contribution < 1.29 is 9.90 Å². The minimum Gasteiger partial charge on any atom is -0.396 e. The molecule has 1 amide bonds. The molecule has 0 saturated carbocycles. The van der Waals surface area contributed by atoms with E-state index in [4.69, 9.17) is 5.11 Å². The number of aliphatic hydroxyl groups excluding tert-OH is 1. The number of piperidine rings is 1. The van der Waals surface area contributed by atoms with Gasteiger partial charge in [-0.2, -0.15) is 0 Å². The van der Waals surface area contributed by atoms with Gasteiger partial charge in [-0.25, -0.2) is 0 Å². The number of hydrogen-bond donors (Lipinski definition) is 1. The smallest absolute Gasteiger partial charge is 0.244 e. The summed E-state index contributed by atoms with van der Waals surface area (Å²) in [7, 11) is 3.93. The predicted octanol–water partition coefficient (Wildman–Crippen LogP) is 2.22. The first-order valence-corrected chi connectivity index (χ1v) is 8.16. The molecule has 1 aromatic carbocycles. The molecule has 22 heavy (non-hydrogen) atoms. The van der Waals surface area contributed by atoms with Crippen molar-refractivity contribution in [3.05, 3.63) is 35.4 Å². The Kier molecular flexibility index (Phi) is 5.98. The Hall–Kier alpha value is -1.39. The maximum Gasteiger partial charge on any atom is 0.244 e. The molecule has 1 fully saturated rings. The first-order valence-electron chi connectivity index (χ1n) is 8.16. The third kappa shape index (κ3) is 3.87. The normalized spacial score (nSPS) is 17.8. The second-order valence-corrected chi connectivity index (χ2v) is 6.50. The molecule has 0 bridgehead atoms. The van der Waals surface area contributed by atoms with E-state index in [0.29, 0.717) is 5.92 Å². The van der Waals surface area contributed by atoms with E-state index in [1.165, 1.54) is 0 Å². The number of likely N-dealkylation sites (tertiary alicyclic amines) is 1. The van der Waals surface area contributed by atoms with Crippen molar-refractivity contribution >= 4 is 5.91 Å². The Balaban J connectivity index is 2.10. The second-order valence-electron chi connectivity index (χ2n) is 6.50. The number of aryl methyl sites for hydroxylation is 1. The second kappa shape index (κ2) is 7.75. The average molecular weight is 304 g/mol. The van der Waals surface area contributed by atoms with Gasteiger partial charge in [-0.05, 0) is 57.3 Å². The highest BCUT2D eigenvalue weighted by atomic mass is 16.3. The summed E-state index contributed by atoms with van der Waals surface area (Å²) in [5.41, 5.74) is 2.25. The summed E-state index contributed by atoms with van der Waals surface area (Å²) < 4.78 is 0. The molecule has 1 aliphatic rings. The number of hydrogen-bond acceptors (Lipinski definition) is 3. The largest absolute Gasteiger partial charge is 0.396 e. The highest BCUT2D eigenvalue weighted by Gasteiger charge is 2.31. The van der Waals surface area contributed by atoms with Gasteiger partial charge in [0.05, 0.1) is 0 Å². The van der Waals surface area contributed by atoms with E-state index < -0.39 is 0 Å². The van der Waals surface area contributed by atoms with Crippen molar-refractivity contribution in [1.82, 2.24) is 9.80 Å². The lowest BCUT2D eigenvalue weighted by atomic mass is 9.92. The van der Waals surface area contributed by atoms with Gasteiger partial charge in [0, 0.05) is 19.7 Å². The van der Waals surface area contributed by atoms with Gasteiger partial charge in [-0.15, -0.1) is 0 Å². The zero-order chi connectivity index (χ0) is 16.1.